The lowest BCUT2D eigenvalue weighted by atomic mass is 10.2. The van der Waals surface area contributed by atoms with Gasteiger partial charge in [-0.05, 0) is 110 Å². The van der Waals surface area contributed by atoms with Crippen molar-refractivity contribution in [3.8, 4) is 11.5 Å². The van der Waals surface area contributed by atoms with Crippen LogP contribution in [0.2, 0.25) is 0 Å². The van der Waals surface area contributed by atoms with E-state index in [0.29, 0.717) is 33.9 Å². The summed E-state index contributed by atoms with van der Waals surface area (Å²) >= 11 is 0. The van der Waals surface area contributed by atoms with Gasteiger partial charge in [-0.15, -0.1) is 0 Å². The SMILES string of the molecule is Cc1ccc(NC(=O)Nc2ccc(OS(=O)(=O)c3ccccc3C)cc2)cc1NC(=O)Nc1ccc(OS(=O)(=O)c2ccccc2C)cc1. The van der Waals surface area contributed by atoms with Gasteiger partial charge >= 0.3 is 32.3 Å². The molecule has 0 aliphatic rings. The van der Waals surface area contributed by atoms with E-state index in [0.717, 1.165) is 5.56 Å². The van der Waals surface area contributed by atoms with Gasteiger partial charge in [-0.25, -0.2) is 9.59 Å². The quantitative estimate of drug-likeness (QED) is 0.109. The van der Waals surface area contributed by atoms with Gasteiger partial charge in [0.2, 0.25) is 0 Å². The lowest BCUT2D eigenvalue weighted by Gasteiger charge is -2.14. The van der Waals surface area contributed by atoms with E-state index in [1.165, 1.54) is 60.7 Å². The maximum Gasteiger partial charge on any atom is 0.339 e. The highest BCUT2D eigenvalue weighted by molar-refractivity contribution is 7.87. The van der Waals surface area contributed by atoms with Gasteiger partial charge in [-0.2, -0.15) is 16.8 Å². The third-order valence-corrected chi connectivity index (χ3v) is 9.92. The Kier molecular flexibility index (Phi) is 10.2. The van der Waals surface area contributed by atoms with Gasteiger partial charge in [0.15, 0.2) is 0 Å². The molecule has 0 saturated heterocycles. The van der Waals surface area contributed by atoms with Crippen molar-refractivity contribution in [1.29, 1.82) is 0 Å². The molecule has 0 unspecified atom stereocenters. The molecule has 0 saturated carbocycles. The van der Waals surface area contributed by atoms with Crippen LogP contribution in [0.1, 0.15) is 16.7 Å². The van der Waals surface area contributed by atoms with Crippen molar-refractivity contribution < 1.29 is 34.8 Å². The van der Waals surface area contributed by atoms with Crippen molar-refractivity contribution in [1.82, 2.24) is 0 Å². The number of hydrogen-bond acceptors (Lipinski definition) is 8. The first-order chi connectivity index (χ1) is 23.3. The van der Waals surface area contributed by atoms with E-state index < -0.39 is 32.3 Å². The van der Waals surface area contributed by atoms with Crippen LogP contribution in [0.25, 0.3) is 0 Å². The number of urea groups is 2. The number of carbonyl (C=O) groups excluding carboxylic acids is 2. The van der Waals surface area contributed by atoms with Crippen LogP contribution in [0.15, 0.2) is 125 Å². The van der Waals surface area contributed by atoms with Crippen LogP contribution in [0.4, 0.5) is 32.3 Å². The van der Waals surface area contributed by atoms with Crippen LogP contribution in [-0.4, -0.2) is 28.9 Å². The Morgan fingerprint density at radius 2 is 0.857 bits per heavy atom. The molecule has 5 aromatic rings. The van der Waals surface area contributed by atoms with Gasteiger partial charge in [0.1, 0.15) is 21.3 Å². The standard InChI is InChI=1S/C35H32N4O8S2/c1-23-12-13-28(38-34(40)36-26-14-18-29(19-15-26)46-48(42,43)32-10-6-4-8-24(32)2)22-31(23)39-35(41)37-27-16-20-30(21-17-27)47-49(44,45)33-11-7-5-9-25(33)3/h4-22H,1-3H3,(H2,36,38,40)(H2,37,39,41). The fourth-order valence-corrected chi connectivity index (χ4v) is 6.94. The van der Waals surface area contributed by atoms with Crippen molar-refractivity contribution in [3.63, 3.8) is 0 Å². The van der Waals surface area contributed by atoms with Gasteiger partial charge < -0.3 is 29.6 Å². The Balaban J connectivity index is 1.14. The molecule has 0 aliphatic heterocycles. The molecule has 0 spiro atoms. The molecule has 14 heteroatoms. The van der Waals surface area contributed by atoms with Gasteiger partial charge in [-0.3, -0.25) is 0 Å². The zero-order valence-corrected chi connectivity index (χ0v) is 28.2. The van der Waals surface area contributed by atoms with Crippen LogP contribution in [0.3, 0.4) is 0 Å². The normalized spacial score (nSPS) is 11.2. The van der Waals surface area contributed by atoms with Crippen molar-refractivity contribution in [3.05, 3.63) is 132 Å². The second-order valence-corrected chi connectivity index (χ2v) is 13.9. The highest BCUT2D eigenvalue weighted by Gasteiger charge is 2.20. The first-order valence-corrected chi connectivity index (χ1v) is 17.6. The number of hydrogen-bond donors (Lipinski definition) is 4. The maximum atomic E-state index is 12.8. The number of nitrogens with one attached hydrogen (secondary N) is 4. The summed E-state index contributed by atoms with van der Waals surface area (Å²) in [4.78, 5) is 25.6. The van der Waals surface area contributed by atoms with Crippen LogP contribution >= 0.6 is 0 Å². The molecule has 252 valence electrons. The molecule has 49 heavy (non-hydrogen) atoms. The molecule has 5 aromatic carbocycles. The molecule has 12 nitrogen and oxygen atoms in total. The van der Waals surface area contributed by atoms with E-state index in [2.05, 4.69) is 21.3 Å². The lowest BCUT2D eigenvalue weighted by molar-refractivity contribution is 0.261. The minimum atomic E-state index is -4.03. The van der Waals surface area contributed by atoms with Gasteiger partial charge in [0.05, 0.1) is 0 Å². The van der Waals surface area contributed by atoms with Crippen LogP contribution < -0.4 is 29.6 Å². The highest BCUT2D eigenvalue weighted by Crippen LogP contribution is 2.25. The first-order valence-electron chi connectivity index (χ1n) is 14.8. The average Bonchev–Trinajstić information content (AvgIpc) is 3.04. The van der Waals surface area contributed by atoms with E-state index in [-0.39, 0.29) is 21.3 Å². The summed E-state index contributed by atoms with van der Waals surface area (Å²) in [5.74, 6) is 0.162. The Morgan fingerprint density at radius 3 is 1.31 bits per heavy atom. The van der Waals surface area contributed by atoms with Crippen LogP contribution in [-0.2, 0) is 20.2 Å². The molecule has 0 bridgehead atoms. The summed E-state index contributed by atoms with van der Waals surface area (Å²) in [5, 5.41) is 10.7. The second kappa shape index (κ2) is 14.5. The molecule has 0 heterocycles. The summed E-state index contributed by atoms with van der Waals surface area (Å²) < 4.78 is 61.1. The maximum absolute atomic E-state index is 12.8. The minimum absolute atomic E-state index is 0.0644. The highest BCUT2D eigenvalue weighted by atomic mass is 32.2. The monoisotopic (exact) mass is 700 g/mol. The molecule has 0 fully saturated rings. The van der Waals surface area contributed by atoms with Gasteiger partial charge in [0, 0.05) is 22.7 Å². The zero-order valence-electron chi connectivity index (χ0n) is 26.6. The molecule has 4 N–H and O–H groups in total. The number of benzene rings is 5. The van der Waals surface area contributed by atoms with E-state index in [4.69, 9.17) is 8.37 Å². The predicted octanol–water partition coefficient (Wildman–Crippen LogP) is 7.44. The van der Waals surface area contributed by atoms with E-state index in [9.17, 15) is 26.4 Å². The predicted molar refractivity (Wildman–Crippen MR) is 187 cm³/mol. The molecule has 5 rings (SSSR count). The first kappa shape index (κ1) is 34.5. The largest absolute Gasteiger partial charge is 0.379 e. The molecular weight excluding hydrogens is 669 g/mol. The van der Waals surface area contributed by atoms with Crippen LogP contribution in [0.5, 0.6) is 11.5 Å². The number of carbonyl (C=O) groups is 2. The second-order valence-electron chi connectivity index (χ2n) is 10.8. The van der Waals surface area contributed by atoms with Gasteiger partial charge in [-0.1, -0.05) is 42.5 Å². The lowest BCUT2D eigenvalue weighted by Crippen LogP contribution is -2.21. The molecule has 0 atom stereocenters. The molecule has 4 amide bonds. The molecule has 0 aliphatic carbocycles. The van der Waals surface area contributed by atoms with E-state index in [1.54, 1.807) is 75.4 Å². The summed E-state index contributed by atoms with van der Waals surface area (Å²) in [6.07, 6.45) is 0. The van der Waals surface area contributed by atoms with Crippen LogP contribution in [0, 0.1) is 20.8 Å². The Morgan fingerprint density at radius 1 is 0.469 bits per heavy atom. The fourth-order valence-electron chi connectivity index (χ4n) is 4.62. The summed E-state index contributed by atoms with van der Waals surface area (Å²) in [6, 6.07) is 28.5. The number of amides is 4. The third-order valence-electron chi connectivity index (χ3n) is 7.11. The molecule has 0 aromatic heterocycles. The van der Waals surface area contributed by atoms with E-state index >= 15 is 0 Å². The fraction of sp³-hybridized carbons (Fsp3) is 0.0857. The van der Waals surface area contributed by atoms with Gasteiger partial charge in [0.25, 0.3) is 0 Å². The van der Waals surface area contributed by atoms with Crippen molar-refractivity contribution >= 4 is 55.0 Å². The average molecular weight is 701 g/mol. The minimum Gasteiger partial charge on any atom is -0.379 e. The topological polar surface area (TPSA) is 169 Å². The van der Waals surface area contributed by atoms with Crippen molar-refractivity contribution in [2.45, 2.75) is 30.6 Å². The molecule has 0 radical (unpaired) electrons. The summed E-state index contributed by atoms with van der Waals surface area (Å²) in [7, 11) is -8.07. The van der Waals surface area contributed by atoms with E-state index in [1.807, 2.05) is 0 Å². The smallest absolute Gasteiger partial charge is 0.339 e. The summed E-state index contributed by atoms with van der Waals surface area (Å²) in [5.41, 5.74) is 3.41. The third kappa shape index (κ3) is 8.94. The zero-order chi connectivity index (χ0) is 35.2. The number of anilines is 4. The molecular formula is C35H32N4O8S2. The summed E-state index contributed by atoms with van der Waals surface area (Å²) in [6.45, 7) is 5.13. The Hall–Kier alpha value is -5.86. The van der Waals surface area contributed by atoms with Crippen molar-refractivity contribution in [2.75, 3.05) is 21.3 Å². The number of aryl methyl sites for hydroxylation is 3. The number of rotatable bonds is 10. The Labute approximate surface area is 284 Å². The van der Waals surface area contributed by atoms with Crippen molar-refractivity contribution in [2.24, 2.45) is 0 Å². The Bertz CT molecular complexity index is 2220.